The molecule has 4 nitrogen and oxygen atoms in total. The normalized spacial score (nSPS) is 14.9. The zero-order valence-corrected chi connectivity index (χ0v) is 16.6. The SMILES string of the molecule is CC(c1ccccc1)n1c(CCCCCNC(=O)C2CC2)nc2ccccc21. The van der Waals surface area contributed by atoms with Gasteiger partial charge in [-0.05, 0) is 50.3 Å². The van der Waals surface area contributed by atoms with E-state index in [4.69, 9.17) is 4.98 Å². The summed E-state index contributed by atoms with van der Waals surface area (Å²) in [6.45, 7) is 3.05. The van der Waals surface area contributed by atoms with Gasteiger partial charge in [0.05, 0.1) is 17.1 Å². The van der Waals surface area contributed by atoms with Crippen LogP contribution < -0.4 is 5.32 Å². The lowest BCUT2D eigenvalue weighted by Crippen LogP contribution is -2.25. The first-order chi connectivity index (χ1) is 13.7. The number of fused-ring (bicyclic) bond motifs is 1. The molecule has 0 radical (unpaired) electrons. The average Bonchev–Trinajstić information content (AvgIpc) is 3.52. The van der Waals surface area contributed by atoms with Crippen LogP contribution in [0.15, 0.2) is 54.6 Å². The molecule has 0 bridgehead atoms. The number of para-hydroxylation sites is 2. The summed E-state index contributed by atoms with van der Waals surface area (Å²) in [6.07, 6.45) is 6.33. The first-order valence-electron chi connectivity index (χ1n) is 10.5. The predicted molar refractivity (Wildman–Crippen MR) is 113 cm³/mol. The van der Waals surface area contributed by atoms with Crippen molar-refractivity contribution in [1.29, 1.82) is 0 Å². The lowest BCUT2D eigenvalue weighted by molar-refractivity contribution is -0.122. The molecule has 1 unspecified atom stereocenters. The molecule has 2 aromatic carbocycles. The first kappa shape index (κ1) is 18.7. The number of carbonyl (C=O) groups excluding carboxylic acids is 1. The maximum absolute atomic E-state index is 11.7. The Balaban J connectivity index is 1.41. The van der Waals surface area contributed by atoms with Crippen LogP contribution in [-0.4, -0.2) is 22.0 Å². The van der Waals surface area contributed by atoms with Crippen LogP contribution in [0.3, 0.4) is 0 Å². The van der Waals surface area contributed by atoms with E-state index in [9.17, 15) is 4.79 Å². The monoisotopic (exact) mass is 375 g/mol. The standard InChI is InChI=1S/C24H29N3O/c1-18(19-10-4-2-5-11-19)27-22-13-8-7-12-21(22)26-23(27)14-6-3-9-17-25-24(28)20-15-16-20/h2,4-5,7-8,10-13,18,20H,3,6,9,14-17H2,1H3,(H,25,28). The number of aromatic nitrogens is 2. The van der Waals surface area contributed by atoms with Crippen molar-refractivity contribution in [1.82, 2.24) is 14.9 Å². The van der Waals surface area contributed by atoms with Gasteiger partial charge in [-0.1, -0.05) is 48.9 Å². The quantitative estimate of drug-likeness (QED) is 0.542. The van der Waals surface area contributed by atoms with Crippen molar-refractivity contribution in [3.05, 3.63) is 66.0 Å². The molecule has 4 rings (SSSR count). The van der Waals surface area contributed by atoms with Crippen molar-refractivity contribution in [2.24, 2.45) is 5.92 Å². The van der Waals surface area contributed by atoms with Crippen molar-refractivity contribution in [3.8, 4) is 0 Å². The van der Waals surface area contributed by atoms with E-state index in [1.54, 1.807) is 0 Å². The Morgan fingerprint density at radius 3 is 2.61 bits per heavy atom. The zero-order valence-electron chi connectivity index (χ0n) is 16.6. The molecule has 4 heteroatoms. The smallest absolute Gasteiger partial charge is 0.223 e. The van der Waals surface area contributed by atoms with Gasteiger partial charge in [0.25, 0.3) is 0 Å². The van der Waals surface area contributed by atoms with Crippen LogP contribution in [-0.2, 0) is 11.2 Å². The summed E-state index contributed by atoms with van der Waals surface area (Å²) in [6, 6.07) is 19.3. The lowest BCUT2D eigenvalue weighted by Gasteiger charge is -2.18. The number of carbonyl (C=O) groups is 1. The second-order valence-corrected chi connectivity index (χ2v) is 7.85. The summed E-state index contributed by atoms with van der Waals surface area (Å²) in [5.41, 5.74) is 3.57. The number of nitrogens with zero attached hydrogens (tertiary/aromatic N) is 2. The maximum Gasteiger partial charge on any atom is 0.223 e. The van der Waals surface area contributed by atoms with Gasteiger partial charge in [0.15, 0.2) is 0 Å². The summed E-state index contributed by atoms with van der Waals surface area (Å²) in [5.74, 6) is 1.71. The van der Waals surface area contributed by atoms with Crippen LogP contribution in [0.25, 0.3) is 11.0 Å². The molecule has 1 saturated carbocycles. The largest absolute Gasteiger partial charge is 0.356 e. The third kappa shape index (κ3) is 4.27. The van der Waals surface area contributed by atoms with Gasteiger partial charge in [0, 0.05) is 18.9 Å². The number of hydrogen-bond donors (Lipinski definition) is 1. The maximum atomic E-state index is 11.7. The van der Waals surface area contributed by atoms with Gasteiger partial charge in [0.2, 0.25) is 5.91 Å². The zero-order chi connectivity index (χ0) is 19.3. The van der Waals surface area contributed by atoms with Gasteiger partial charge < -0.3 is 9.88 Å². The van der Waals surface area contributed by atoms with Crippen LogP contribution >= 0.6 is 0 Å². The molecule has 28 heavy (non-hydrogen) atoms. The Morgan fingerprint density at radius 2 is 1.82 bits per heavy atom. The number of unbranched alkanes of at least 4 members (excludes halogenated alkanes) is 2. The molecule has 146 valence electrons. The van der Waals surface area contributed by atoms with E-state index < -0.39 is 0 Å². The second kappa shape index (κ2) is 8.59. The average molecular weight is 376 g/mol. The fourth-order valence-corrected chi connectivity index (χ4v) is 3.87. The number of aryl methyl sites for hydroxylation is 1. The highest BCUT2D eigenvalue weighted by molar-refractivity contribution is 5.80. The number of rotatable bonds is 9. The van der Waals surface area contributed by atoms with Gasteiger partial charge in [-0.2, -0.15) is 0 Å². The van der Waals surface area contributed by atoms with Gasteiger partial charge in [-0.25, -0.2) is 4.98 Å². The number of imidazole rings is 1. The van der Waals surface area contributed by atoms with E-state index in [1.807, 2.05) is 0 Å². The van der Waals surface area contributed by atoms with Crippen LogP contribution in [0.1, 0.15) is 56.5 Å². The molecule has 0 spiro atoms. The summed E-state index contributed by atoms with van der Waals surface area (Å²) in [7, 11) is 0. The Hall–Kier alpha value is -2.62. The summed E-state index contributed by atoms with van der Waals surface area (Å²) in [4.78, 5) is 16.6. The molecule has 1 atom stereocenters. The van der Waals surface area contributed by atoms with Gasteiger partial charge in [0.1, 0.15) is 5.82 Å². The second-order valence-electron chi connectivity index (χ2n) is 7.85. The van der Waals surface area contributed by atoms with E-state index >= 15 is 0 Å². The highest BCUT2D eigenvalue weighted by Crippen LogP contribution is 2.29. The van der Waals surface area contributed by atoms with Crippen molar-refractivity contribution < 1.29 is 4.79 Å². The first-order valence-corrected chi connectivity index (χ1v) is 10.5. The van der Waals surface area contributed by atoms with E-state index in [2.05, 4.69) is 71.4 Å². The summed E-state index contributed by atoms with van der Waals surface area (Å²) in [5, 5.41) is 3.06. The van der Waals surface area contributed by atoms with Crippen LogP contribution in [0.5, 0.6) is 0 Å². The Kier molecular flexibility index (Phi) is 5.75. The molecule has 1 aliphatic rings. The van der Waals surface area contributed by atoms with Crippen LogP contribution in [0.4, 0.5) is 0 Å². The fourth-order valence-electron chi connectivity index (χ4n) is 3.87. The van der Waals surface area contributed by atoms with Gasteiger partial charge in [-0.15, -0.1) is 0 Å². The third-order valence-corrected chi connectivity index (χ3v) is 5.66. The van der Waals surface area contributed by atoms with Crippen LogP contribution in [0, 0.1) is 5.92 Å². The van der Waals surface area contributed by atoms with E-state index in [0.29, 0.717) is 5.92 Å². The van der Waals surface area contributed by atoms with Gasteiger partial charge >= 0.3 is 0 Å². The molecular formula is C24H29N3O. The number of benzene rings is 2. The molecule has 1 amide bonds. The molecule has 1 N–H and O–H groups in total. The highest BCUT2D eigenvalue weighted by atomic mass is 16.2. The van der Waals surface area contributed by atoms with Gasteiger partial charge in [-0.3, -0.25) is 4.79 Å². The van der Waals surface area contributed by atoms with Crippen molar-refractivity contribution in [3.63, 3.8) is 0 Å². The summed E-state index contributed by atoms with van der Waals surface area (Å²) < 4.78 is 2.39. The Bertz CT molecular complexity index is 927. The molecule has 3 aromatic rings. The Morgan fingerprint density at radius 1 is 1.07 bits per heavy atom. The molecule has 1 aliphatic carbocycles. The predicted octanol–water partition coefficient (Wildman–Crippen LogP) is 4.88. The Labute approximate surface area is 167 Å². The highest BCUT2D eigenvalue weighted by Gasteiger charge is 2.28. The lowest BCUT2D eigenvalue weighted by atomic mass is 10.1. The molecule has 1 aromatic heterocycles. The molecule has 0 aliphatic heterocycles. The van der Waals surface area contributed by atoms with E-state index in [1.165, 1.54) is 11.1 Å². The van der Waals surface area contributed by atoms with Crippen molar-refractivity contribution in [2.75, 3.05) is 6.54 Å². The summed E-state index contributed by atoms with van der Waals surface area (Å²) >= 11 is 0. The minimum atomic E-state index is 0.249. The molecule has 0 saturated heterocycles. The molecule has 1 fully saturated rings. The molecule has 1 heterocycles. The fraction of sp³-hybridized carbons (Fsp3) is 0.417. The topological polar surface area (TPSA) is 46.9 Å². The van der Waals surface area contributed by atoms with Crippen molar-refractivity contribution >= 4 is 16.9 Å². The number of amides is 1. The number of hydrogen-bond acceptors (Lipinski definition) is 2. The third-order valence-electron chi connectivity index (χ3n) is 5.66. The van der Waals surface area contributed by atoms with E-state index in [-0.39, 0.29) is 11.9 Å². The van der Waals surface area contributed by atoms with E-state index in [0.717, 1.165) is 56.4 Å². The molecular weight excluding hydrogens is 346 g/mol. The van der Waals surface area contributed by atoms with Crippen molar-refractivity contribution in [2.45, 2.75) is 51.5 Å². The number of nitrogens with one attached hydrogen (secondary N) is 1. The van der Waals surface area contributed by atoms with Crippen LogP contribution in [0.2, 0.25) is 0 Å². The minimum absolute atomic E-state index is 0.249. The minimum Gasteiger partial charge on any atom is -0.356 e.